The minimum absolute atomic E-state index is 0.0488. The molecular formula is C16H14N4O. The van der Waals surface area contributed by atoms with Gasteiger partial charge >= 0.3 is 0 Å². The van der Waals surface area contributed by atoms with Crippen molar-refractivity contribution in [3.8, 4) is 11.8 Å². The summed E-state index contributed by atoms with van der Waals surface area (Å²) in [6, 6.07) is 15.7. The maximum Gasteiger partial charge on any atom is 0.174 e. The van der Waals surface area contributed by atoms with Crippen LogP contribution in [0.1, 0.15) is 5.56 Å². The number of fused-ring (bicyclic) bond motifs is 1. The van der Waals surface area contributed by atoms with Gasteiger partial charge in [0.2, 0.25) is 0 Å². The molecule has 0 aliphatic heterocycles. The number of H-pyrrole nitrogens is 1. The Morgan fingerprint density at radius 2 is 2.10 bits per heavy atom. The highest BCUT2D eigenvalue weighted by molar-refractivity contribution is 5.89. The molecule has 0 amide bonds. The molecular weight excluding hydrogens is 264 g/mol. The Bertz CT molecular complexity index is 788. The van der Waals surface area contributed by atoms with Crippen LogP contribution < -0.4 is 10.1 Å². The van der Waals surface area contributed by atoms with Crippen molar-refractivity contribution in [2.75, 3.05) is 11.9 Å². The van der Waals surface area contributed by atoms with Crippen molar-refractivity contribution in [2.24, 2.45) is 0 Å². The number of aromatic amines is 1. The molecule has 0 atom stereocenters. The van der Waals surface area contributed by atoms with E-state index in [1.807, 2.05) is 48.5 Å². The van der Waals surface area contributed by atoms with Gasteiger partial charge < -0.3 is 10.1 Å². The van der Waals surface area contributed by atoms with Crippen LogP contribution in [0.15, 0.2) is 48.7 Å². The van der Waals surface area contributed by atoms with Crippen molar-refractivity contribution in [3.63, 3.8) is 0 Å². The van der Waals surface area contributed by atoms with Crippen LogP contribution in [0, 0.1) is 11.3 Å². The Balaban J connectivity index is 1.79. The summed E-state index contributed by atoms with van der Waals surface area (Å²) in [7, 11) is 0. The Kier molecular flexibility index (Phi) is 3.70. The summed E-state index contributed by atoms with van der Waals surface area (Å²) in [5.41, 5.74) is 2.97. The minimum Gasteiger partial charge on any atom is -0.478 e. The van der Waals surface area contributed by atoms with E-state index < -0.39 is 0 Å². The summed E-state index contributed by atoms with van der Waals surface area (Å²) < 4.78 is 5.43. The third kappa shape index (κ3) is 2.79. The lowest BCUT2D eigenvalue weighted by Gasteiger charge is -2.11. The molecule has 3 rings (SSSR count). The summed E-state index contributed by atoms with van der Waals surface area (Å²) in [6.07, 6.45) is 1.80. The number of para-hydroxylation sites is 2. The van der Waals surface area contributed by atoms with E-state index in [-0.39, 0.29) is 6.61 Å². The molecule has 0 aliphatic rings. The van der Waals surface area contributed by atoms with Crippen LogP contribution in [0.25, 0.3) is 10.9 Å². The summed E-state index contributed by atoms with van der Waals surface area (Å²) >= 11 is 0. The Hall–Kier alpha value is -3.00. The van der Waals surface area contributed by atoms with Crippen LogP contribution in [0.4, 0.5) is 5.69 Å². The molecule has 104 valence electrons. The molecule has 0 spiro atoms. The first-order valence-corrected chi connectivity index (χ1v) is 6.62. The van der Waals surface area contributed by atoms with Crippen molar-refractivity contribution >= 4 is 16.6 Å². The van der Waals surface area contributed by atoms with Gasteiger partial charge in [0.05, 0.1) is 17.4 Å². The van der Waals surface area contributed by atoms with Gasteiger partial charge in [-0.25, -0.2) is 0 Å². The molecule has 5 nitrogen and oxygen atoms in total. The Labute approximate surface area is 122 Å². The van der Waals surface area contributed by atoms with E-state index in [1.54, 1.807) is 6.20 Å². The standard InChI is InChI=1S/C16H14N4O/c17-8-9-21-15-7-2-1-4-12(15)10-18-14-6-3-5-13-11-19-20-16(13)14/h1-7,11,18H,9-10H2,(H,19,20). The van der Waals surface area contributed by atoms with Crippen LogP contribution in [0.3, 0.4) is 0 Å². The summed E-state index contributed by atoms with van der Waals surface area (Å²) in [4.78, 5) is 0. The molecule has 5 heteroatoms. The first-order chi connectivity index (χ1) is 10.4. The second-order valence-electron chi connectivity index (χ2n) is 4.55. The van der Waals surface area contributed by atoms with Crippen LogP contribution >= 0.6 is 0 Å². The molecule has 21 heavy (non-hydrogen) atoms. The van der Waals surface area contributed by atoms with Crippen molar-refractivity contribution in [1.29, 1.82) is 5.26 Å². The number of aromatic nitrogens is 2. The van der Waals surface area contributed by atoms with E-state index in [2.05, 4.69) is 15.5 Å². The topological polar surface area (TPSA) is 73.7 Å². The molecule has 2 aromatic carbocycles. The largest absolute Gasteiger partial charge is 0.478 e. The number of ether oxygens (including phenoxy) is 1. The summed E-state index contributed by atoms with van der Waals surface area (Å²) in [5.74, 6) is 0.725. The zero-order chi connectivity index (χ0) is 14.5. The Morgan fingerprint density at radius 1 is 1.19 bits per heavy atom. The average molecular weight is 278 g/mol. The smallest absolute Gasteiger partial charge is 0.174 e. The number of nitriles is 1. The SMILES string of the molecule is N#CCOc1ccccc1CNc1cccc2cn[nH]c12. The van der Waals surface area contributed by atoms with E-state index in [0.29, 0.717) is 6.54 Å². The number of hydrogen-bond donors (Lipinski definition) is 2. The molecule has 0 fully saturated rings. The zero-order valence-corrected chi connectivity index (χ0v) is 11.3. The van der Waals surface area contributed by atoms with Gasteiger partial charge in [-0.05, 0) is 12.1 Å². The molecule has 0 aliphatic carbocycles. The van der Waals surface area contributed by atoms with Gasteiger partial charge in [-0.2, -0.15) is 10.4 Å². The molecule has 3 aromatic rings. The highest BCUT2D eigenvalue weighted by Gasteiger charge is 2.05. The van der Waals surface area contributed by atoms with Crippen molar-refractivity contribution in [2.45, 2.75) is 6.54 Å². The van der Waals surface area contributed by atoms with Gasteiger partial charge in [0.15, 0.2) is 6.61 Å². The number of nitrogens with one attached hydrogen (secondary N) is 2. The predicted octanol–water partition coefficient (Wildman–Crippen LogP) is 3.08. The van der Waals surface area contributed by atoms with Crippen molar-refractivity contribution < 1.29 is 4.74 Å². The second-order valence-corrected chi connectivity index (χ2v) is 4.55. The molecule has 1 heterocycles. The number of rotatable bonds is 5. The quantitative estimate of drug-likeness (QED) is 0.752. The van der Waals surface area contributed by atoms with Gasteiger partial charge in [-0.3, -0.25) is 5.10 Å². The van der Waals surface area contributed by atoms with Gasteiger partial charge in [0, 0.05) is 17.5 Å². The van der Waals surface area contributed by atoms with Gasteiger partial charge in [-0.1, -0.05) is 30.3 Å². The molecule has 0 radical (unpaired) electrons. The zero-order valence-electron chi connectivity index (χ0n) is 11.3. The van der Waals surface area contributed by atoms with E-state index in [1.165, 1.54) is 0 Å². The molecule has 0 bridgehead atoms. The lowest BCUT2D eigenvalue weighted by molar-refractivity contribution is 0.364. The lowest BCUT2D eigenvalue weighted by Crippen LogP contribution is -2.04. The van der Waals surface area contributed by atoms with E-state index in [4.69, 9.17) is 10.00 Å². The fourth-order valence-corrected chi connectivity index (χ4v) is 2.21. The minimum atomic E-state index is 0.0488. The number of hydrogen-bond acceptors (Lipinski definition) is 4. The molecule has 0 saturated carbocycles. The summed E-state index contributed by atoms with van der Waals surface area (Å²) in [5, 5.41) is 20.1. The van der Waals surface area contributed by atoms with Crippen molar-refractivity contribution in [1.82, 2.24) is 10.2 Å². The van der Waals surface area contributed by atoms with Crippen molar-refractivity contribution in [3.05, 3.63) is 54.2 Å². The molecule has 2 N–H and O–H groups in total. The maximum absolute atomic E-state index is 8.62. The van der Waals surface area contributed by atoms with Gasteiger partial charge in [0.25, 0.3) is 0 Å². The molecule has 1 aromatic heterocycles. The number of anilines is 1. The van der Waals surface area contributed by atoms with Gasteiger partial charge in [-0.15, -0.1) is 0 Å². The second kappa shape index (κ2) is 5.97. The third-order valence-corrected chi connectivity index (χ3v) is 3.21. The van der Waals surface area contributed by atoms with E-state index >= 15 is 0 Å². The third-order valence-electron chi connectivity index (χ3n) is 3.21. The summed E-state index contributed by atoms with van der Waals surface area (Å²) in [6.45, 7) is 0.660. The molecule has 0 saturated heterocycles. The first kappa shape index (κ1) is 13.0. The highest BCUT2D eigenvalue weighted by Crippen LogP contribution is 2.23. The maximum atomic E-state index is 8.62. The van der Waals surface area contributed by atoms with E-state index in [9.17, 15) is 0 Å². The fourth-order valence-electron chi connectivity index (χ4n) is 2.21. The van der Waals surface area contributed by atoms with Crippen LogP contribution in [-0.4, -0.2) is 16.8 Å². The number of benzene rings is 2. The van der Waals surface area contributed by atoms with Crippen LogP contribution in [0.5, 0.6) is 5.75 Å². The normalized spacial score (nSPS) is 10.2. The Morgan fingerprint density at radius 3 is 3.00 bits per heavy atom. The highest BCUT2D eigenvalue weighted by atomic mass is 16.5. The predicted molar refractivity (Wildman–Crippen MR) is 81.0 cm³/mol. The fraction of sp³-hybridized carbons (Fsp3) is 0.125. The lowest BCUT2D eigenvalue weighted by atomic mass is 10.2. The van der Waals surface area contributed by atoms with E-state index in [0.717, 1.165) is 27.9 Å². The van der Waals surface area contributed by atoms with Crippen LogP contribution in [0.2, 0.25) is 0 Å². The average Bonchev–Trinajstić information content (AvgIpc) is 3.01. The monoisotopic (exact) mass is 278 g/mol. The first-order valence-electron chi connectivity index (χ1n) is 6.62. The molecule has 0 unspecified atom stereocenters. The van der Waals surface area contributed by atoms with Gasteiger partial charge in [0.1, 0.15) is 11.8 Å². The number of nitrogens with zero attached hydrogens (tertiary/aromatic N) is 2. The van der Waals surface area contributed by atoms with Crippen LogP contribution in [-0.2, 0) is 6.54 Å².